The van der Waals surface area contributed by atoms with E-state index in [1.165, 1.54) is 12.1 Å². The van der Waals surface area contributed by atoms with Gasteiger partial charge < -0.3 is 10.6 Å². The van der Waals surface area contributed by atoms with Gasteiger partial charge in [0.25, 0.3) is 0 Å². The zero-order chi connectivity index (χ0) is 16.2. The number of anilines is 1. The van der Waals surface area contributed by atoms with Crippen molar-refractivity contribution in [3.8, 4) is 0 Å². The fraction of sp³-hybridized carbons (Fsp3) is 0.462. The van der Waals surface area contributed by atoms with Crippen LogP contribution in [0.2, 0.25) is 5.02 Å². The molecule has 8 heteroatoms. The Labute approximate surface area is 130 Å². The Hall–Kier alpha value is -1.31. The van der Waals surface area contributed by atoms with Gasteiger partial charge in [0.1, 0.15) is 0 Å². The molecule has 0 atom stereocenters. The van der Waals surface area contributed by atoms with Crippen molar-refractivity contribution >= 4 is 33.2 Å². The number of sulfonamides is 1. The largest absolute Gasteiger partial charge is 0.397 e. The normalized spacial score (nSPS) is 11.4. The average molecular weight is 334 g/mol. The molecule has 0 heterocycles. The first kappa shape index (κ1) is 17.7. The minimum absolute atomic E-state index is 0.00533. The third kappa shape index (κ3) is 4.33. The number of nitrogens with one attached hydrogen (secondary N) is 1. The molecule has 0 saturated carbocycles. The summed E-state index contributed by atoms with van der Waals surface area (Å²) in [6, 6.07) is 2.70. The summed E-state index contributed by atoms with van der Waals surface area (Å²) in [6.07, 6.45) is 0. The summed E-state index contributed by atoms with van der Waals surface area (Å²) in [4.78, 5) is 13.4. The van der Waals surface area contributed by atoms with E-state index < -0.39 is 10.0 Å². The molecule has 0 aliphatic heterocycles. The molecule has 3 N–H and O–H groups in total. The molecule has 0 spiro atoms. The Bertz CT molecular complexity index is 605. The number of amides is 1. The number of carbonyl (C=O) groups is 1. The fourth-order valence-corrected chi connectivity index (χ4v) is 3.05. The Kier molecular flexibility index (Phi) is 6.00. The summed E-state index contributed by atoms with van der Waals surface area (Å²) >= 11 is 5.91. The zero-order valence-electron chi connectivity index (χ0n) is 12.3. The molecule has 0 aliphatic carbocycles. The molecule has 0 radical (unpaired) electrons. The first-order valence-corrected chi connectivity index (χ1v) is 8.42. The molecule has 1 amide bonds. The summed E-state index contributed by atoms with van der Waals surface area (Å²) in [5.74, 6) is -0.276. The van der Waals surface area contributed by atoms with Crippen LogP contribution in [0.5, 0.6) is 0 Å². The van der Waals surface area contributed by atoms with Crippen LogP contribution in [0.25, 0.3) is 0 Å². The number of aryl methyl sites for hydroxylation is 1. The Morgan fingerprint density at radius 3 is 2.38 bits per heavy atom. The molecule has 0 unspecified atom stereocenters. The molecule has 118 valence electrons. The van der Waals surface area contributed by atoms with Gasteiger partial charge in [0.05, 0.1) is 22.2 Å². The molecule has 0 aliphatic rings. The van der Waals surface area contributed by atoms with E-state index in [1.807, 2.05) is 13.8 Å². The van der Waals surface area contributed by atoms with E-state index in [-0.39, 0.29) is 23.0 Å². The van der Waals surface area contributed by atoms with E-state index in [4.69, 9.17) is 17.3 Å². The number of nitrogen functional groups attached to an aromatic ring is 1. The van der Waals surface area contributed by atoms with Gasteiger partial charge in [-0.15, -0.1) is 0 Å². The van der Waals surface area contributed by atoms with Crippen LogP contribution in [-0.2, 0) is 14.8 Å². The van der Waals surface area contributed by atoms with Crippen LogP contribution in [0.4, 0.5) is 5.69 Å². The molecular formula is C13H20ClN3O3S. The van der Waals surface area contributed by atoms with Gasteiger partial charge in [-0.3, -0.25) is 4.79 Å². The summed E-state index contributed by atoms with van der Waals surface area (Å²) in [7, 11) is -3.80. The van der Waals surface area contributed by atoms with Gasteiger partial charge in [-0.1, -0.05) is 11.6 Å². The topological polar surface area (TPSA) is 92.5 Å². The maximum absolute atomic E-state index is 12.2. The molecule has 1 rings (SSSR count). The number of halogens is 1. The molecule has 0 fully saturated rings. The van der Waals surface area contributed by atoms with E-state index in [1.54, 1.807) is 11.8 Å². The molecule has 1 aromatic carbocycles. The standard InChI is InChI=1S/C13H20ClN3O3S/c1-4-17(5-2)12(18)8-16-21(19,20)10-6-9(3)13(14)11(15)7-10/h6-7,16H,4-5,8,15H2,1-3H3. The van der Waals surface area contributed by atoms with Crippen molar-refractivity contribution < 1.29 is 13.2 Å². The lowest BCUT2D eigenvalue weighted by molar-refractivity contribution is -0.129. The number of nitrogens with zero attached hydrogens (tertiary/aromatic N) is 1. The highest BCUT2D eigenvalue weighted by Crippen LogP contribution is 2.26. The van der Waals surface area contributed by atoms with Crippen LogP contribution in [0.3, 0.4) is 0 Å². The SMILES string of the molecule is CCN(CC)C(=O)CNS(=O)(=O)c1cc(C)c(Cl)c(N)c1. The second kappa shape index (κ2) is 7.11. The second-order valence-electron chi connectivity index (χ2n) is 4.53. The summed E-state index contributed by atoms with van der Waals surface area (Å²) in [5, 5.41) is 0.327. The highest BCUT2D eigenvalue weighted by Gasteiger charge is 2.19. The average Bonchev–Trinajstić information content (AvgIpc) is 2.43. The van der Waals surface area contributed by atoms with Gasteiger partial charge in [0.2, 0.25) is 15.9 Å². The van der Waals surface area contributed by atoms with E-state index in [0.717, 1.165) is 0 Å². The summed E-state index contributed by atoms with van der Waals surface area (Å²) in [6.45, 7) is 6.11. The molecule has 0 aromatic heterocycles. The number of nitrogens with two attached hydrogens (primary N) is 1. The third-order valence-electron chi connectivity index (χ3n) is 3.10. The third-order valence-corrected chi connectivity index (χ3v) is 4.99. The van der Waals surface area contributed by atoms with Gasteiger partial charge in [-0.05, 0) is 38.5 Å². The monoisotopic (exact) mass is 333 g/mol. The predicted octanol–water partition coefficient (Wildman–Crippen LogP) is 1.38. The van der Waals surface area contributed by atoms with Gasteiger partial charge in [-0.2, -0.15) is 0 Å². The number of carbonyl (C=O) groups excluding carboxylic acids is 1. The van der Waals surface area contributed by atoms with Crippen LogP contribution >= 0.6 is 11.6 Å². The van der Waals surface area contributed by atoms with Gasteiger partial charge in [0, 0.05) is 13.1 Å². The first-order valence-electron chi connectivity index (χ1n) is 6.56. The maximum Gasteiger partial charge on any atom is 0.241 e. The van der Waals surface area contributed by atoms with Gasteiger partial charge >= 0.3 is 0 Å². The lowest BCUT2D eigenvalue weighted by Crippen LogP contribution is -2.40. The van der Waals surface area contributed by atoms with Gasteiger partial charge in [-0.25, -0.2) is 13.1 Å². The van der Waals surface area contributed by atoms with Crippen molar-refractivity contribution in [1.82, 2.24) is 9.62 Å². The molecule has 0 saturated heterocycles. The second-order valence-corrected chi connectivity index (χ2v) is 6.68. The first-order chi connectivity index (χ1) is 9.72. The number of likely N-dealkylation sites (N-methyl/N-ethyl adjacent to an activating group) is 1. The maximum atomic E-state index is 12.2. The molecule has 6 nitrogen and oxygen atoms in total. The number of rotatable bonds is 6. The van der Waals surface area contributed by atoms with E-state index >= 15 is 0 Å². The number of hydrogen-bond acceptors (Lipinski definition) is 4. The molecule has 1 aromatic rings. The Morgan fingerprint density at radius 1 is 1.33 bits per heavy atom. The van der Waals surface area contributed by atoms with Crippen LogP contribution in [0, 0.1) is 6.92 Å². The van der Waals surface area contributed by atoms with Crippen molar-refractivity contribution in [2.45, 2.75) is 25.7 Å². The van der Waals surface area contributed by atoms with Gasteiger partial charge in [0.15, 0.2) is 0 Å². The highest BCUT2D eigenvalue weighted by atomic mass is 35.5. The molecular weight excluding hydrogens is 314 g/mol. The number of benzene rings is 1. The molecule has 21 heavy (non-hydrogen) atoms. The lowest BCUT2D eigenvalue weighted by atomic mass is 10.2. The smallest absolute Gasteiger partial charge is 0.241 e. The zero-order valence-corrected chi connectivity index (χ0v) is 13.9. The van der Waals surface area contributed by atoms with E-state index in [9.17, 15) is 13.2 Å². The van der Waals surface area contributed by atoms with Crippen LogP contribution in [0.1, 0.15) is 19.4 Å². The number of hydrogen-bond donors (Lipinski definition) is 2. The van der Waals surface area contributed by atoms with Crippen LogP contribution in [-0.4, -0.2) is 38.9 Å². The fourth-order valence-electron chi connectivity index (χ4n) is 1.85. The minimum Gasteiger partial charge on any atom is -0.397 e. The molecule has 0 bridgehead atoms. The van der Waals surface area contributed by atoms with E-state index in [0.29, 0.717) is 23.7 Å². The van der Waals surface area contributed by atoms with Crippen molar-refractivity contribution in [3.05, 3.63) is 22.7 Å². The highest BCUT2D eigenvalue weighted by molar-refractivity contribution is 7.89. The van der Waals surface area contributed by atoms with Crippen molar-refractivity contribution in [2.75, 3.05) is 25.4 Å². The van der Waals surface area contributed by atoms with Crippen molar-refractivity contribution in [1.29, 1.82) is 0 Å². The summed E-state index contributed by atoms with van der Waals surface area (Å²) in [5.41, 5.74) is 6.42. The Balaban J connectivity index is 2.90. The predicted molar refractivity (Wildman–Crippen MR) is 83.7 cm³/mol. The van der Waals surface area contributed by atoms with Crippen molar-refractivity contribution in [3.63, 3.8) is 0 Å². The van der Waals surface area contributed by atoms with E-state index in [2.05, 4.69) is 4.72 Å². The van der Waals surface area contributed by atoms with Crippen LogP contribution in [0.15, 0.2) is 17.0 Å². The minimum atomic E-state index is -3.80. The summed E-state index contributed by atoms with van der Waals surface area (Å²) < 4.78 is 26.6. The lowest BCUT2D eigenvalue weighted by Gasteiger charge is -2.18. The quantitative estimate of drug-likeness (QED) is 0.769. The Morgan fingerprint density at radius 2 is 1.90 bits per heavy atom. The van der Waals surface area contributed by atoms with Crippen molar-refractivity contribution in [2.24, 2.45) is 0 Å². The van der Waals surface area contributed by atoms with Crippen LogP contribution < -0.4 is 10.5 Å².